The molecule has 0 aromatic heterocycles. The van der Waals surface area contributed by atoms with Crippen molar-refractivity contribution in [3.05, 3.63) is 0 Å². The van der Waals surface area contributed by atoms with Gasteiger partial charge in [0.2, 0.25) is 0 Å². The summed E-state index contributed by atoms with van der Waals surface area (Å²) >= 11 is 6.03. The first-order chi connectivity index (χ1) is 6.81. The summed E-state index contributed by atoms with van der Waals surface area (Å²) in [4.78, 5) is 0. The molecule has 14 heavy (non-hydrogen) atoms. The van der Waals surface area contributed by atoms with Gasteiger partial charge in [-0.05, 0) is 24.6 Å². The van der Waals surface area contributed by atoms with Crippen LogP contribution in [0.1, 0.15) is 65.2 Å². The minimum atomic E-state index is 1.05. The Bertz CT molecular complexity index is 106. The highest BCUT2D eigenvalue weighted by Gasteiger charge is 1.98. The molecule has 0 N–H and O–H groups in total. The molecule has 1 nitrogen and oxygen atoms in total. The average molecular weight is 220 g/mol. The zero-order chi connectivity index (χ0) is 10.6. The number of rotatable bonds is 10. The first-order valence-electron chi connectivity index (χ1n) is 6.22. The van der Waals surface area contributed by atoms with Crippen molar-refractivity contribution in [3.63, 3.8) is 0 Å². The number of hydrogen-bond acceptors (Lipinski definition) is 1. The lowest BCUT2D eigenvalue weighted by molar-refractivity contribution is 0.420. The topological polar surface area (TPSA) is 3.24 Å². The lowest BCUT2D eigenvalue weighted by Crippen LogP contribution is -2.14. The van der Waals surface area contributed by atoms with Crippen molar-refractivity contribution >= 4 is 11.8 Å². The molecule has 0 amide bonds. The number of unbranched alkanes of at least 4 members (excludes halogenated alkanes) is 6. The molecule has 0 bridgehead atoms. The van der Waals surface area contributed by atoms with E-state index in [1.807, 2.05) is 4.42 Å². The summed E-state index contributed by atoms with van der Waals surface area (Å²) in [5.41, 5.74) is 0. The van der Waals surface area contributed by atoms with Crippen LogP contribution in [-0.4, -0.2) is 17.5 Å². The van der Waals surface area contributed by atoms with Gasteiger partial charge in [0.15, 0.2) is 0 Å². The third kappa shape index (κ3) is 10.3. The second-order valence-corrected chi connectivity index (χ2v) is 4.51. The van der Waals surface area contributed by atoms with Crippen molar-refractivity contribution in [1.82, 2.24) is 4.42 Å². The zero-order valence-electron chi connectivity index (χ0n) is 9.90. The molecule has 0 fully saturated rings. The van der Waals surface area contributed by atoms with E-state index >= 15 is 0 Å². The molecule has 0 aliphatic carbocycles. The van der Waals surface area contributed by atoms with Gasteiger partial charge in [0.25, 0.3) is 0 Å². The third-order valence-corrected chi connectivity index (χ3v) is 2.85. The highest BCUT2D eigenvalue weighted by Crippen LogP contribution is 2.07. The molecule has 0 atom stereocenters. The zero-order valence-corrected chi connectivity index (χ0v) is 10.7. The van der Waals surface area contributed by atoms with Crippen LogP contribution in [0.25, 0.3) is 0 Å². The fourth-order valence-corrected chi connectivity index (χ4v) is 1.74. The summed E-state index contributed by atoms with van der Waals surface area (Å²) in [5, 5.41) is 0. The predicted octanol–water partition coefficient (Wildman–Crippen LogP) is 4.60. The fourth-order valence-electron chi connectivity index (χ4n) is 1.51. The van der Waals surface area contributed by atoms with E-state index in [1.165, 1.54) is 51.4 Å². The minimum Gasteiger partial charge on any atom is -0.220 e. The van der Waals surface area contributed by atoms with Crippen LogP contribution in [0.15, 0.2) is 0 Å². The van der Waals surface area contributed by atoms with Crippen LogP contribution < -0.4 is 0 Å². The Morgan fingerprint density at radius 1 is 0.714 bits per heavy atom. The Kier molecular flexibility index (Phi) is 11.5. The third-order valence-electron chi connectivity index (χ3n) is 2.51. The lowest BCUT2D eigenvalue weighted by Gasteiger charge is -2.12. The molecule has 0 aromatic rings. The minimum absolute atomic E-state index is 1.05. The van der Waals surface area contributed by atoms with E-state index in [0.717, 1.165) is 13.1 Å². The number of hydrogen-bond donors (Lipinski definition) is 0. The van der Waals surface area contributed by atoms with Crippen molar-refractivity contribution in [2.75, 3.05) is 13.1 Å². The van der Waals surface area contributed by atoms with Crippen LogP contribution >= 0.6 is 11.8 Å². The Morgan fingerprint density at radius 2 is 1.21 bits per heavy atom. The van der Waals surface area contributed by atoms with Gasteiger partial charge < -0.3 is 0 Å². The smallest absolute Gasteiger partial charge is 0.0139 e. The Morgan fingerprint density at radius 3 is 1.86 bits per heavy atom. The van der Waals surface area contributed by atoms with Crippen LogP contribution in [0.5, 0.6) is 0 Å². The maximum Gasteiger partial charge on any atom is 0.0139 e. The average Bonchev–Trinajstić information content (AvgIpc) is 2.20. The molecule has 0 saturated carbocycles. The van der Waals surface area contributed by atoms with E-state index in [9.17, 15) is 0 Å². The van der Waals surface area contributed by atoms with Crippen molar-refractivity contribution in [2.45, 2.75) is 65.2 Å². The van der Waals surface area contributed by atoms with E-state index in [2.05, 4.69) is 13.8 Å². The van der Waals surface area contributed by atoms with Gasteiger partial charge in [-0.1, -0.05) is 52.4 Å². The standard InChI is InChI=1S/C12H26ClN/c1-3-5-7-8-9-10-12-14(13)11-6-4-2/h3-12H2,1-2H3. The molecule has 2 heteroatoms. The summed E-state index contributed by atoms with van der Waals surface area (Å²) in [5.74, 6) is 0. The van der Waals surface area contributed by atoms with Crippen LogP contribution in [-0.2, 0) is 0 Å². The van der Waals surface area contributed by atoms with Crippen molar-refractivity contribution in [2.24, 2.45) is 0 Å². The van der Waals surface area contributed by atoms with Gasteiger partial charge in [0.1, 0.15) is 0 Å². The van der Waals surface area contributed by atoms with Gasteiger partial charge in [-0.25, -0.2) is 4.42 Å². The second-order valence-electron chi connectivity index (χ2n) is 4.03. The molecule has 0 aliphatic heterocycles. The SMILES string of the molecule is CCCCCCCCN(Cl)CCCC. The van der Waals surface area contributed by atoms with Crippen LogP contribution in [0.2, 0.25) is 0 Å². The second kappa shape index (κ2) is 11.3. The molecular formula is C12H26ClN. The molecule has 0 heterocycles. The molecule has 0 aliphatic rings. The Balaban J connectivity index is 3.02. The quantitative estimate of drug-likeness (QED) is 0.383. The molecule has 86 valence electrons. The van der Waals surface area contributed by atoms with E-state index < -0.39 is 0 Å². The number of halogens is 1. The maximum atomic E-state index is 6.03. The molecule has 0 rings (SSSR count). The summed E-state index contributed by atoms with van der Waals surface area (Å²) in [6.07, 6.45) is 10.6. The summed E-state index contributed by atoms with van der Waals surface area (Å²) in [7, 11) is 0. The molecule has 0 unspecified atom stereocenters. The first kappa shape index (κ1) is 14.2. The van der Waals surface area contributed by atoms with Gasteiger partial charge in [-0.2, -0.15) is 0 Å². The van der Waals surface area contributed by atoms with Crippen molar-refractivity contribution in [1.29, 1.82) is 0 Å². The maximum absolute atomic E-state index is 6.03. The molecule has 0 saturated heterocycles. The van der Waals surface area contributed by atoms with Gasteiger partial charge in [0, 0.05) is 13.1 Å². The predicted molar refractivity (Wildman–Crippen MR) is 65.7 cm³/mol. The van der Waals surface area contributed by atoms with Crippen LogP contribution in [0.3, 0.4) is 0 Å². The highest BCUT2D eigenvalue weighted by atomic mass is 35.5. The van der Waals surface area contributed by atoms with Gasteiger partial charge in [0.05, 0.1) is 0 Å². The van der Waals surface area contributed by atoms with E-state index in [4.69, 9.17) is 11.8 Å². The van der Waals surface area contributed by atoms with Crippen molar-refractivity contribution in [3.8, 4) is 0 Å². The van der Waals surface area contributed by atoms with Gasteiger partial charge >= 0.3 is 0 Å². The molecule has 0 spiro atoms. The van der Waals surface area contributed by atoms with Gasteiger partial charge in [-0.3, -0.25) is 0 Å². The first-order valence-corrected chi connectivity index (χ1v) is 6.55. The monoisotopic (exact) mass is 219 g/mol. The largest absolute Gasteiger partial charge is 0.220 e. The summed E-state index contributed by atoms with van der Waals surface area (Å²) in [6, 6.07) is 0. The van der Waals surface area contributed by atoms with Crippen LogP contribution in [0.4, 0.5) is 0 Å². The van der Waals surface area contributed by atoms with E-state index in [0.29, 0.717) is 0 Å². The highest BCUT2D eigenvalue weighted by molar-refractivity contribution is 6.13. The molecule has 0 radical (unpaired) electrons. The Labute approximate surface area is 94.9 Å². The fraction of sp³-hybridized carbons (Fsp3) is 1.00. The number of nitrogens with zero attached hydrogens (tertiary/aromatic N) is 1. The van der Waals surface area contributed by atoms with E-state index in [-0.39, 0.29) is 0 Å². The normalized spacial score (nSPS) is 11.1. The Hall–Kier alpha value is 0.250. The summed E-state index contributed by atoms with van der Waals surface area (Å²) < 4.78 is 1.95. The lowest BCUT2D eigenvalue weighted by atomic mass is 10.1. The molecular weight excluding hydrogens is 194 g/mol. The van der Waals surface area contributed by atoms with Crippen molar-refractivity contribution < 1.29 is 0 Å². The van der Waals surface area contributed by atoms with Gasteiger partial charge in [-0.15, -0.1) is 0 Å². The van der Waals surface area contributed by atoms with E-state index in [1.54, 1.807) is 0 Å². The molecule has 0 aromatic carbocycles. The van der Waals surface area contributed by atoms with Crippen LogP contribution in [0, 0.1) is 0 Å². The summed E-state index contributed by atoms with van der Waals surface area (Å²) in [6.45, 7) is 6.57.